The van der Waals surface area contributed by atoms with Crippen molar-refractivity contribution < 1.29 is 8.42 Å². The third kappa shape index (κ3) is 5.03. The van der Waals surface area contributed by atoms with Crippen molar-refractivity contribution in [3.05, 3.63) is 12.4 Å². The lowest BCUT2D eigenvalue weighted by Gasteiger charge is -2.31. The molecule has 1 aliphatic rings. The molecule has 1 aliphatic heterocycles. The van der Waals surface area contributed by atoms with Crippen LogP contribution in [0.4, 0.5) is 0 Å². The molecular formula is C12H24N6O2S. The summed E-state index contributed by atoms with van der Waals surface area (Å²) in [5.41, 5.74) is 0. The van der Waals surface area contributed by atoms with Crippen molar-refractivity contribution in [3.63, 3.8) is 0 Å². The van der Waals surface area contributed by atoms with Crippen LogP contribution in [0.15, 0.2) is 12.4 Å². The van der Waals surface area contributed by atoms with E-state index in [-0.39, 0.29) is 0 Å². The van der Waals surface area contributed by atoms with Gasteiger partial charge in [-0.05, 0) is 31.8 Å². The molecule has 0 aliphatic carbocycles. The highest BCUT2D eigenvalue weighted by atomic mass is 32.2. The lowest BCUT2D eigenvalue weighted by molar-refractivity contribution is 0.266. The second-order valence-electron chi connectivity index (χ2n) is 5.22. The number of piperidine rings is 1. The van der Waals surface area contributed by atoms with Crippen molar-refractivity contribution in [3.8, 4) is 0 Å². The first kappa shape index (κ1) is 16.3. The highest BCUT2D eigenvalue weighted by Crippen LogP contribution is 2.18. The third-order valence-corrected chi connectivity index (χ3v) is 5.31. The Balaban J connectivity index is 1.73. The summed E-state index contributed by atoms with van der Waals surface area (Å²) in [6.07, 6.45) is 5.11. The Hall–Kier alpha value is -1.03. The lowest BCUT2D eigenvalue weighted by atomic mass is 9.98. The smallest absolute Gasteiger partial charge is 0.279 e. The number of aromatic nitrogens is 3. The number of nitrogens with one attached hydrogen (secondary N) is 2. The van der Waals surface area contributed by atoms with Gasteiger partial charge in [-0.25, -0.2) is 4.72 Å². The monoisotopic (exact) mass is 316 g/mol. The molecule has 9 heteroatoms. The topological polar surface area (TPSA) is 92.2 Å². The minimum Gasteiger partial charge on any atom is -0.317 e. The molecule has 1 saturated heterocycles. The molecule has 2 rings (SSSR count). The van der Waals surface area contributed by atoms with Crippen LogP contribution in [-0.4, -0.2) is 60.4 Å². The van der Waals surface area contributed by atoms with E-state index in [0.717, 1.165) is 25.9 Å². The molecule has 0 atom stereocenters. The summed E-state index contributed by atoms with van der Waals surface area (Å²) < 4.78 is 30.1. The number of nitrogens with zero attached hydrogens (tertiary/aromatic N) is 4. The average Bonchev–Trinajstić information content (AvgIpc) is 2.98. The second kappa shape index (κ2) is 7.83. The maximum absolute atomic E-state index is 12.2. The summed E-state index contributed by atoms with van der Waals surface area (Å²) in [5.74, 6) is 0.576. The maximum atomic E-state index is 12.2. The Bertz CT molecular complexity index is 496. The summed E-state index contributed by atoms with van der Waals surface area (Å²) in [6.45, 7) is 6.01. The van der Waals surface area contributed by atoms with Gasteiger partial charge in [-0.1, -0.05) is 12.1 Å². The van der Waals surface area contributed by atoms with Crippen LogP contribution in [0.3, 0.4) is 0 Å². The fourth-order valence-electron chi connectivity index (χ4n) is 2.43. The van der Waals surface area contributed by atoms with E-state index in [4.69, 9.17) is 0 Å². The summed E-state index contributed by atoms with van der Waals surface area (Å²) in [4.78, 5) is 0. The van der Waals surface area contributed by atoms with E-state index in [1.807, 2.05) is 0 Å². The predicted molar refractivity (Wildman–Crippen MR) is 79.8 cm³/mol. The van der Waals surface area contributed by atoms with E-state index < -0.39 is 10.2 Å². The molecule has 2 N–H and O–H groups in total. The molecule has 120 valence electrons. The average molecular weight is 316 g/mol. The van der Waals surface area contributed by atoms with Crippen molar-refractivity contribution in [1.29, 1.82) is 0 Å². The zero-order valence-corrected chi connectivity index (χ0v) is 13.2. The van der Waals surface area contributed by atoms with Crippen LogP contribution in [-0.2, 0) is 16.8 Å². The summed E-state index contributed by atoms with van der Waals surface area (Å²) in [5, 5.41) is 10.8. The van der Waals surface area contributed by atoms with Crippen LogP contribution < -0.4 is 10.0 Å². The molecule has 0 unspecified atom stereocenters. The van der Waals surface area contributed by atoms with Gasteiger partial charge in [0.15, 0.2) is 0 Å². The molecule has 0 saturated carbocycles. The third-order valence-electron chi connectivity index (χ3n) is 3.69. The lowest BCUT2D eigenvalue weighted by Crippen LogP contribution is -2.46. The molecule has 0 spiro atoms. The van der Waals surface area contributed by atoms with Crippen molar-refractivity contribution >= 4 is 10.2 Å². The molecule has 1 aromatic heterocycles. The molecule has 0 amide bonds. The largest absolute Gasteiger partial charge is 0.317 e. The van der Waals surface area contributed by atoms with Crippen LogP contribution in [0.2, 0.25) is 0 Å². The van der Waals surface area contributed by atoms with Gasteiger partial charge in [0, 0.05) is 25.8 Å². The van der Waals surface area contributed by atoms with Crippen molar-refractivity contribution in [2.45, 2.75) is 26.3 Å². The van der Waals surface area contributed by atoms with Crippen LogP contribution in [0, 0.1) is 5.92 Å². The number of rotatable bonds is 8. The van der Waals surface area contributed by atoms with Gasteiger partial charge < -0.3 is 5.32 Å². The second-order valence-corrected chi connectivity index (χ2v) is 6.97. The summed E-state index contributed by atoms with van der Waals surface area (Å²) >= 11 is 0. The zero-order chi connectivity index (χ0) is 15.1. The Morgan fingerprint density at radius 3 is 2.71 bits per heavy atom. The van der Waals surface area contributed by atoms with Gasteiger partial charge in [0.1, 0.15) is 0 Å². The zero-order valence-electron chi connectivity index (χ0n) is 12.4. The van der Waals surface area contributed by atoms with E-state index in [0.29, 0.717) is 32.1 Å². The first-order chi connectivity index (χ1) is 10.1. The summed E-state index contributed by atoms with van der Waals surface area (Å²) in [6, 6.07) is 0. The van der Waals surface area contributed by atoms with E-state index in [9.17, 15) is 8.42 Å². The first-order valence-corrected chi connectivity index (χ1v) is 8.85. The standard InChI is InChI=1S/C12H24N6O2S/c1-2-13-11-12-3-7-18(8-4-12)21(19,20)15-6-10-17-9-5-14-16-17/h5,9,12-13,15H,2-4,6-8,10-11H2,1H3. The minimum atomic E-state index is -3.38. The number of hydrogen-bond acceptors (Lipinski definition) is 5. The van der Waals surface area contributed by atoms with Crippen LogP contribution in [0.25, 0.3) is 0 Å². The maximum Gasteiger partial charge on any atom is 0.279 e. The van der Waals surface area contributed by atoms with Gasteiger partial charge >= 0.3 is 0 Å². The highest BCUT2D eigenvalue weighted by Gasteiger charge is 2.27. The van der Waals surface area contributed by atoms with Gasteiger partial charge in [-0.3, -0.25) is 4.68 Å². The first-order valence-electron chi connectivity index (χ1n) is 7.41. The molecule has 1 aromatic rings. The Labute approximate surface area is 126 Å². The van der Waals surface area contributed by atoms with E-state index in [1.165, 1.54) is 4.31 Å². The Kier molecular flexibility index (Phi) is 6.09. The number of hydrogen-bond donors (Lipinski definition) is 2. The predicted octanol–water partition coefficient (Wildman–Crippen LogP) is -0.566. The summed E-state index contributed by atoms with van der Waals surface area (Å²) in [7, 11) is -3.38. The minimum absolute atomic E-state index is 0.322. The molecule has 8 nitrogen and oxygen atoms in total. The molecule has 1 fully saturated rings. The van der Waals surface area contributed by atoms with E-state index in [1.54, 1.807) is 17.1 Å². The van der Waals surface area contributed by atoms with E-state index in [2.05, 4.69) is 27.3 Å². The molecule has 21 heavy (non-hydrogen) atoms. The fourth-order valence-corrected chi connectivity index (χ4v) is 3.66. The molecule has 0 aromatic carbocycles. The van der Waals surface area contributed by atoms with Crippen molar-refractivity contribution in [1.82, 2.24) is 29.3 Å². The molecular weight excluding hydrogens is 292 g/mol. The van der Waals surface area contributed by atoms with E-state index >= 15 is 0 Å². The van der Waals surface area contributed by atoms with Gasteiger partial charge in [0.25, 0.3) is 10.2 Å². The van der Waals surface area contributed by atoms with Crippen LogP contribution in [0.5, 0.6) is 0 Å². The quantitative estimate of drug-likeness (QED) is 0.670. The van der Waals surface area contributed by atoms with Crippen LogP contribution in [0.1, 0.15) is 19.8 Å². The normalized spacial score (nSPS) is 18.1. The Morgan fingerprint density at radius 2 is 2.10 bits per heavy atom. The molecule has 0 radical (unpaired) electrons. The van der Waals surface area contributed by atoms with Gasteiger partial charge in [-0.2, -0.15) is 12.7 Å². The Morgan fingerprint density at radius 1 is 1.33 bits per heavy atom. The fraction of sp³-hybridized carbons (Fsp3) is 0.833. The SMILES string of the molecule is CCNCC1CCN(S(=O)(=O)NCCn2ccnn2)CC1. The van der Waals surface area contributed by atoms with Crippen LogP contribution >= 0.6 is 0 Å². The van der Waals surface area contributed by atoms with Crippen molar-refractivity contribution in [2.75, 3.05) is 32.7 Å². The highest BCUT2D eigenvalue weighted by molar-refractivity contribution is 7.87. The van der Waals surface area contributed by atoms with Gasteiger partial charge in [-0.15, -0.1) is 5.10 Å². The van der Waals surface area contributed by atoms with Crippen molar-refractivity contribution in [2.24, 2.45) is 5.92 Å². The molecule has 0 bridgehead atoms. The van der Waals surface area contributed by atoms with Gasteiger partial charge in [0.05, 0.1) is 12.7 Å². The van der Waals surface area contributed by atoms with Gasteiger partial charge in [0.2, 0.25) is 0 Å². The molecule has 2 heterocycles.